The number of carbonyl (C=O) groups excluding carboxylic acids is 1. The van der Waals surface area contributed by atoms with Crippen molar-refractivity contribution >= 4 is 17.5 Å². The molecule has 0 spiro atoms. The van der Waals surface area contributed by atoms with Crippen LogP contribution in [0, 0.1) is 0 Å². The van der Waals surface area contributed by atoms with Crippen molar-refractivity contribution in [2.24, 2.45) is 0 Å². The summed E-state index contributed by atoms with van der Waals surface area (Å²) >= 11 is 0. The molecule has 3 aromatic rings. The minimum Gasteiger partial charge on any atom is -0.454 e. The van der Waals surface area contributed by atoms with Gasteiger partial charge in [-0.2, -0.15) is 0 Å². The number of carbonyl (C=O) groups is 1. The van der Waals surface area contributed by atoms with Gasteiger partial charge in [0.15, 0.2) is 11.5 Å². The van der Waals surface area contributed by atoms with Gasteiger partial charge in [-0.25, -0.2) is 9.97 Å². The van der Waals surface area contributed by atoms with E-state index in [1.165, 1.54) is 0 Å². The van der Waals surface area contributed by atoms with Gasteiger partial charge in [0.1, 0.15) is 11.6 Å². The van der Waals surface area contributed by atoms with Crippen LogP contribution in [0.2, 0.25) is 0 Å². The first-order chi connectivity index (χ1) is 14.5. The molecule has 30 heavy (non-hydrogen) atoms. The van der Waals surface area contributed by atoms with Gasteiger partial charge in [-0.15, -0.1) is 0 Å². The predicted molar refractivity (Wildman–Crippen MR) is 114 cm³/mol. The number of anilines is 2. The van der Waals surface area contributed by atoms with Crippen molar-refractivity contribution in [3.8, 4) is 22.8 Å². The Kier molecular flexibility index (Phi) is 4.31. The van der Waals surface area contributed by atoms with E-state index in [1.54, 1.807) is 12.3 Å². The zero-order valence-corrected chi connectivity index (χ0v) is 16.9. The monoisotopic (exact) mass is 402 g/mol. The summed E-state index contributed by atoms with van der Waals surface area (Å²) in [4.78, 5) is 24.1. The number of pyridine rings is 2. The second-order valence-electron chi connectivity index (χ2n) is 7.81. The van der Waals surface area contributed by atoms with E-state index in [1.807, 2.05) is 61.5 Å². The maximum atomic E-state index is 13.1. The molecule has 1 aromatic carbocycles. The summed E-state index contributed by atoms with van der Waals surface area (Å²) in [5, 5.41) is 3.00. The lowest BCUT2D eigenvalue weighted by molar-refractivity contribution is -0.118. The van der Waals surface area contributed by atoms with Crippen LogP contribution >= 0.6 is 0 Å². The number of hydrogen-bond donors (Lipinski definition) is 1. The standard InChI is InChI=1S/C23H22N4O3/c1-27(2)21-9-6-15(13-24-21)17-4-3-5-20(25-17)26-22(28)23(10-11-23)16-7-8-18-19(12-16)30-14-29-18/h3-9,12-13H,10-11,14H2,1-2H3,(H,25,26,28). The van der Waals surface area contributed by atoms with Gasteiger partial charge in [0.2, 0.25) is 12.7 Å². The van der Waals surface area contributed by atoms with Gasteiger partial charge >= 0.3 is 0 Å². The molecule has 152 valence electrons. The zero-order valence-electron chi connectivity index (χ0n) is 16.9. The fraction of sp³-hybridized carbons (Fsp3) is 0.261. The molecular formula is C23H22N4O3. The molecule has 0 unspecified atom stereocenters. The summed E-state index contributed by atoms with van der Waals surface area (Å²) in [6.45, 7) is 0.221. The average Bonchev–Trinajstić information content (AvgIpc) is 3.45. The van der Waals surface area contributed by atoms with Crippen LogP contribution in [0.5, 0.6) is 11.5 Å². The number of fused-ring (bicyclic) bond motifs is 1. The first-order valence-corrected chi connectivity index (χ1v) is 9.88. The van der Waals surface area contributed by atoms with E-state index in [-0.39, 0.29) is 12.7 Å². The molecule has 5 rings (SSSR count). The number of benzene rings is 1. The molecule has 1 aliphatic carbocycles. The highest BCUT2D eigenvalue weighted by molar-refractivity contribution is 6.01. The first kappa shape index (κ1) is 18.4. The van der Waals surface area contributed by atoms with Crippen LogP contribution in [0.15, 0.2) is 54.7 Å². The maximum Gasteiger partial charge on any atom is 0.236 e. The molecule has 2 aliphatic rings. The summed E-state index contributed by atoms with van der Waals surface area (Å²) < 4.78 is 10.9. The minimum atomic E-state index is -0.534. The van der Waals surface area contributed by atoms with Crippen molar-refractivity contribution in [1.82, 2.24) is 9.97 Å². The number of rotatable bonds is 5. The van der Waals surface area contributed by atoms with Crippen LogP contribution in [0.25, 0.3) is 11.3 Å². The number of amides is 1. The van der Waals surface area contributed by atoms with Gasteiger partial charge in [-0.05, 0) is 54.8 Å². The van der Waals surface area contributed by atoms with Crippen molar-refractivity contribution < 1.29 is 14.3 Å². The van der Waals surface area contributed by atoms with E-state index >= 15 is 0 Å². The lowest BCUT2D eigenvalue weighted by atomic mass is 9.94. The zero-order chi connectivity index (χ0) is 20.7. The number of ether oxygens (including phenoxy) is 2. The Bertz CT molecular complexity index is 1110. The highest BCUT2D eigenvalue weighted by Gasteiger charge is 2.51. The third-order valence-corrected chi connectivity index (χ3v) is 5.60. The Morgan fingerprint density at radius 3 is 2.63 bits per heavy atom. The molecule has 3 heterocycles. The molecular weight excluding hydrogens is 380 g/mol. The number of nitrogens with one attached hydrogen (secondary N) is 1. The average molecular weight is 402 g/mol. The highest BCUT2D eigenvalue weighted by atomic mass is 16.7. The van der Waals surface area contributed by atoms with Crippen molar-refractivity contribution in [1.29, 1.82) is 0 Å². The molecule has 1 amide bonds. The topological polar surface area (TPSA) is 76.6 Å². The molecule has 1 aliphatic heterocycles. The highest BCUT2D eigenvalue weighted by Crippen LogP contribution is 2.51. The van der Waals surface area contributed by atoms with Gasteiger partial charge in [0.05, 0.1) is 11.1 Å². The number of hydrogen-bond acceptors (Lipinski definition) is 6. The largest absolute Gasteiger partial charge is 0.454 e. The third kappa shape index (κ3) is 3.22. The summed E-state index contributed by atoms with van der Waals surface area (Å²) in [6.07, 6.45) is 3.39. The summed E-state index contributed by atoms with van der Waals surface area (Å²) in [5.41, 5.74) is 2.07. The molecule has 7 heteroatoms. The second kappa shape index (κ2) is 7.02. The van der Waals surface area contributed by atoms with E-state index in [9.17, 15) is 4.79 Å². The second-order valence-corrected chi connectivity index (χ2v) is 7.81. The number of aromatic nitrogens is 2. The van der Waals surface area contributed by atoms with Gasteiger partial charge < -0.3 is 19.7 Å². The van der Waals surface area contributed by atoms with Crippen LogP contribution in [0.3, 0.4) is 0 Å². The SMILES string of the molecule is CN(C)c1ccc(-c2cccc(NC(=O)C3(c4ccc5c(c4)OCO5)CC3)n2)cn1. The molecule has 7 nitrogen and oxygen atoms in total. The Morgan fingerprint density at radius 2 is 1.90 bits per heavy atom. The normalized spacial score (nSPS) is 15.5. The molecule has 0 saturated heterocycles. The van der Waals surface area contributed by atoms with Gasteiger partial charge in [0.25, 0.3) is 0 Å². The van der Waals surface area contributed by atoms with Crippen molar-refractivity contribution in [2.75, 3.05) is 31.1 Å². The van der Waals surface area contributed by atoms with Gasteiger partial charge in [0, 0.05) is 25.9 Å². The van der Waals surface area contributed by atoms with Crippen molar-refractivity contribution in [3.63, 3.8) is 0 Å². The van der Waals surface area contributed by atoms with Crippen molar-refractivity contribution in [2.45, 2.75) is 18.3 Å². The van der Waals surface area contributed by atoms with Crippen LogP contribution in [-0.2, 0) is 10.2 Å². The minimum absolute atomic E-state index is 0.0490. The fourth-order valence-corrected chi connectivity index (χ4v) is 3.67. The van der Waals surface area contributed by atoms with E-state index in [0.717, 1.165) is 41.2 Å². The van der Waals surface area contributed by atoms with E-state index < -0.39 is 5.41 Å². The van der Waals surface area contributed by atoms with E-state index in [2.05, 4.69) is 15.3 Å². The van der Waals surface area contributed by atoms with E-state index in [0.29, 0.717) is 11.6 Å². The summed E-state index contributed by atoms with van der Waals surface area (Å²) in [5.74, 6) is 2.77. The van der Waals surface area contributed by atoms with Gasteiger partial charge in [-0.3, -0.25) is 4.79 Å². The van der Waals surface area contributed by atoms with Crippen molar-refractivity contribution in [3.05, 3.63) is 60.3 Å². The number of nitrogens with zero attached hydrogens (tertiary/aromatic N) is 3. The predicted octanol–water partition coefficient (Wildman–Crippen LogP) is 3.61. The van der Waals surface area contributed by atoms with Crippen LogP contribution in [0.1, 0.15) is 18.4 Å². The molecule has 0 atom stereocenters. The van der Waals surface area contributed by atoms with Crippen LogP contribution in [-0.4, -0.2) is 36.8 Å². The third-order valence-electron chi connectivity index (χ3n) is 5.60. The Hall–Kier alpha value is -3.61. The lowest BCUT2D eigenvalue weighted by Crippen LogP contribution is -2.28. The lowest BCUT2D eigenvalue weighted by Gasteiger charge is -2.16. The Labute approximate surface area is 174 Å². The maximum absolute atomic E-state index is 13.1. The summed E-state index contributed by atoms with van der Waals surface area (Å²) in [7, 11) is 3.90. The van der Waals surface area contributed by atoms with Crippen LogP contribution < -0.4 is 19.7 Å². The smallest absolute Gasteiger partial charge is 0.236 e. The first-order valence-electron chi connectivity index (χ1n) is 9.88. The quantitative estimate of drug-likeness (QED) is 0.703. The molecule has 1 fully saturated rings. The Balaban J connectivity index is 1.36. The molecule has 1 saturated carbocycles. The molecule has 0 radical (unpaired) electrons. The molecule has 1 N–H and O–H groups in total. The molecule has 0 bridgehead atoms. The van der Waals surface area contributed by atoms with E-state index in [4.69, 9.17) is 9.47 Å². The molecule has 2 aromatic heterocycles. The van der Waals surface area contributed by atoms with Gasteiger partial charge in [-0.1, -0.05) is 12.1 Å². The van der Waals surface area contributed by atoms with Crippen LogP contribution in [0.4, 0.5) is 11.6 Å². The fourth-order valence-electron chi connectivity index (χ4n) is 3.67. The summed E-state index contributed by atoms with van der Waals surface area (Å²) in [6, 6.07) is 15.3. The Morgan fingerprint density at radius 1 is 1.07 bits per heavy atom.